The van der Waals surface area contributed by atoms with Crippen LogP contribution in [0, 0.1) is 11.8 Å². The van der Waals surface area contributed by atoms with Gasteiger partial charge in [0.05, 0.1) is 18.1 Å². The molecule has 1 aliphatic rings. The molecule has 1 fully saturated rings. The van der Waals surface area contributed by atoms with E-state index in [0.717, 1.165) is 0 Å². The Morgan fingerprint density at radius 3 is 2.36 bits per heavy atom. The van der Waals surface area contributed by atoms with E-state index in [9.17, 15) is 24.6 Å². The Kier molecular flexibility index (Phi) is 5.96. The van der Waals surface area contributed by atoms with E-state index in [2.05, 4.69) is 5.32 Å². The molecule has 0 saturated carbocycles. The van der Waals surface area contributed by atoms with Crippen LogP contribution in [0.4, 0.5) is 0 Å². The highest BCUT2D eigenvalue weighted by molar-refractivity contribution is 8.13. The van der Waals surface area contributed by atoms with Gasteiger partial charge in [0.15, 0.2) is 5.54 Å². The van der Waals surface area contributed by atoms with Crippen LogP contribution >= 0.6 is 11.8 Å². The summed E-state index contributed by atoms with van der Waals surface area (Å²) in [6, 6.07) is -1.26. The largest absolute Gasteiger partial charge is 0.480 e. The van der Waals surface area contributed by atoms with Crippen LogP contribution < -0.4 is 11.1 Å². The summed E-state index contributed by atoms with van der Waals surface area (Å²) >= 11 is 0.583. The molecule has 1 amide bonds. The lowest BCUT2D eigenvalue weighted by molar-refractivity contribution is -0.137. The maximum Gasteiger partial charge on any atom is 0.321 e. The summed E-state index contributed by atoms with van der Waals surface area (Å²) in [5.74, 6) is -3.28. The van der Waals surface area contributed by atoms with Crippen molar-refractivity contribution < 1.29 is 29.7 Å². The number of thioether (sulfide) groups is 1. The Morgan fingerprint density at radius 1 is 1.45 bits per heavy atom. The van der Waals surface area contributed by atoms with Gasteiger partial charge in [0.2, 0.25) is 11.0 Å². The fourth-order valence-electron chi connectivity index (χ4n) is 2.35. The van der Waals surface area contributed by atoms with Gasteiger partial charge in [0, 0.05) is 5.75 Å². The topological polar surface area (TPSA) is 150 Å². The quantitative estimate of drug-likeness (QED) is 0.395. The van der Waals surface area contributed by atoms with Gasteiger partial charge in [-0.2, -0.15) is 0 Å². The van der Waals surface area contributed by atoms with Crippen molar-refractivity contribution >= 4 is 28.8 Å². The minimum absolute atomic E-state index is 0.225. The number of nitrogens with two attached hydrogens (primary N) is 1. The van der Waals surface area contributed by atoms with E-state index in [-0.39, 0.29) is 5.75 Å². The minimum atomic E-state index is -1.85. The first-order chi connectivity index (χ1) is 10.1. The molecule has 0 spiro atoms. The van der Waals surface area contributed by atoms with E-state index in [1.54, 1.807) is 13.8 Å². The van der Waals surface area contributed by atoms with Gasteiger partial charge >= 0.3 is 5.97 Å². The van der Waals surface area contributed by atoms with Crippen LogP contribution in [0.5, 0.6) is 0 Å². The number of carbonyl (C=O) groups is 3. The minimum Gasteiger partial charge on any atom is -0.480 e. The molecule has 0 aromatic carbocycles. The highest BCUT2D eigenvalue weighted by atomic mass is 32.2. The van der Waals surface area contributed by atoms with Crippen molar-refractivity contribution in [1.82, 2.24) is 5.32 Å². The van der Waals surface area contributed by atoms with Gasteiger partial charge in [-0.25, -0.2) is 0 Å². The summed E-state index contributed by atoms with van der Waals surface area (Å²) in [7, 11) is 0. The molecule has 1 aliphatic heterocycles. The van der Waals surface area contributed by atoms with E-state index in [1.165, 1.54) is 6.92 Å². The average Bonchev–Trinajstić information content (AvgIpc) is 2.68. The number of rotatable bonds is 6. The molecule has 126 valence electrons. The summed E-state index contributed by atoms with van der Waals surface area (Å²) in [6.45, 7) is 4.75. The van der Waals surface area contributed by atoms with Crippen molar-refractivity contribution in [3.05, 3.63) is 0 Å². The Labute approximate surface area is 132 Å². The van der Waals surface area contributed by atoms with Gasteiger partial charge in [0.25, 0.3) is 0 Å². The van der Waals surface area contributed by atoms with Crippen molar-refractivity contribution in [2.24, 2.45) is 17.6 Å². The van der Waals surface area contributed by atoms with E-state index in [1.807, 2.05) is 0 Å². The molecule has 5 atom stereocenters. The number of aliphatic hydroxyl groups excluding tert-OH is 2. The van der Waals surface area contributed by atoms with Gasteiger partial charge in [-0.3, -0.25) is 14.4 Å². The number of amides is 1. The zero-order chi connectivity index (χ0) is 17.2. The van der Waals surface area contributed by atoms with Crippen molar-refractivity contribution in [2.75, 3.05) is 5.75 Å². The summed E-state index contributed by atoms with van der Waals surface area (Å²) in [5, 5.41) is 31.1. The molecule has 22 heavy (non-hydrogen) atoms. The van der Waals surface area contributed by atoms with Gasteiger partial charge in [-0.1, -0.05) is 32.5 Å². The third-order valence-electron chi connectivity index (χ3n) is 3.83. The third-order valence-corrected chi connectivity index (χ3v) is 4.96. The van der Waals surface area contributed by atoms with Crippen LogP contribution in [0.1, 0.15) is 20.8 Å². The maximum absolute atomic E-state index is 12.5. The molecule has 6 N–H and O–H groups in total. The lowest BCUT2D eigenvalue weighted by Crippen LogP contribution is -2.64. The predicted molar refractivity (Wildman–Crippen MR) is 80.0 cm³/mol. The lowest BCUT2D eigenvalue weighted by Gasteiger charge is -2.37. The molecule has 1 rings (SSSR count). The normalized spacial score (nSPS) is 31.0. The van der Waals surface area contributed by atoms with Crippen LogP contribution in [0.25, 0.3) is 0 Å². The standard InChI is InChI=1S/C13H22N2O6S/c1-5(2)8(16)13(9(17)6(3)10(18)15-13)12(21)22-4-7(14)11(19)20/h5-9,16-17H,4,14H2,1-3H3,(H,15,18)(H,19,20)/t6-,7+,8+,9+,13-/m1/s1. The summed E-state index contributed by atoms with van der Waals surface area (Å²) in [4.78, 5) is 35.0. The molecular formula is C13H22N2O6S. The van der Waals surface area contributed by atoms with E-state index >= 15 is 0 Å². The first kappa shape index (κ1) is 18.9. The van der Waals surface area contributed by atoms with Gasteiger partial charge in [-0.05, 0) is 5.92 Å². The first-order valence-corrected chi connectivity index (χ1v) is 7.88. The first-order valence-electron chi connectivity index (χ1n) is 6.89. The fourth-order valence-corrected chi connectivity index (χ4v) is 3.36. The highest BCUT2D eigenvalue weighted by Gasteiger charge is 2.60. The van der Waals surface area contributed by atoms with Crippen LogP contribution in [-0.2, 0) is 14.4 Å². The maximum atomic E-state index is 12.5. The van der Waals surface area contributed by atoms with Crippen molar-refractivity contribution in [3.63, 3.8) is 0 Å². The zero-order valence-corrected chi connectivity index (χ0v) is 13.5. The molecule has 1 heterocycles. The van der Waals surface area contributed by atoms with Gasteiger partial charge in [0.1, 0.15) is 6.04 Å². The molecule has 0 aromatic rings. The van der Waals surface area contributed by atoms with E-state index < -0.39 is 52.6 Å². The molecule has 1 saturated heterocycles. The molecule has 0 aliphatic carbocycles. The van der Waals surface area contributed by atoms with Crippen molar-refractivity contribution in [2.45, 2.75) is 44.6 Å². The number of aliphatic carboxylic acids is 1. The Balaban J connectivity index is 3.04. The number of carboxylic acids is 1. The Hall–Kier alpha value is -1.16. The molecule has 9 heteroatoms. The SMILES string of the molecule is CC(C)[C@H](O)[C@@]1(C(=O)SC[C@H](N)C(=O)O)NC(=O)[C@H](C)[C@@H]1O. The molecule has 8 nitrogen and oxygen atoms in total. The van der Waals surface area contributed by atoms with E-state index in [0.29, 0.717) is 11.8 Å². The molecule has 0 unspecified atom stereocenters. The average molecular weight is 334 g/mol. The fraction of sp³-hybridized carbons (Fsp3) is 0.769. The van der Waals surface area contributed by atoms with Crippen LogP contribution in [0.15, 0.2) is 0 Å². The summed E-state index contributed by atoms with van der Waals surface area (Å²) in [5.41, 5.74) is 3.49. The summed E-state index contributed by atoms with van der Waals surface area (Å²) in [6.07, 6.45) is -2.71. The molecule has 0 aromatic heterocycles. The smallest absolute Gasteiger partial charge is 0.321 e. The molecule has 0 radical (unpaired) electrons. The predicted octanol–water partition coefficient (Wildman–Crippen LogP) is -1.46. The zero-order valence-electron chi connectivity index (χ0n) is 12.6. The monoisotopic (exact) mass is 334 g/mol. The second-order valence-corrected chi connectivity index (χ2v) is 6.82. The Bertz CT molecular complexity index is 471. The highest BCUT2D eigenvalue weighted by Crippen LogP contribution is 2.36. The second-order valence-electron chi connectivity index (χ2n) is 5.82. The van der Waals surface area contributed by atoms with Gasteiger partial charge in [-0.15, -0.1) is 0 Å². The number of nitrogens with one attached hydrogen (secondary N) is 1. The number of aliphatic hydroxyl groups is 2. The van der Waals surface area contributed by atoms with E-state index in [4.69, 9.17) is 10.8 Å². The number of hydrogen-bond acceptors (Lipinski definition) is 7. The van der Waals surface area contributed by atoms with Gasteiger partial charge < -0.3 is 26.4 Å². The second kappa shape index (κ2) is 6.95. The Morgan fingerprint density at radius 2 is 2.00 bits per heavy atom. The number of carboxylic acid groups (broad SMARTS) is 1. The van der Waals surface area contributed by atoms with Crippen molar-refractivity contribution in [3.8, 4) is 0 Å². The van der Waals surface area contributed by atoms with Crippen molar-refractivity contribution in [1.29, 1.82) is 0 Å². The number of hydrogen-bond donors (Lipinski definition) is 5. The van der Waals surface area contributed by atoms with Crippen LogP contribution in [-0.4, -0.2) is 61.9 Å². The summed E-state index contributed by atoms with van der Waals surface area (Å²) < 4.78 is 0. The molecule has 0 bridgehead atoms. The number of carbonyl (C=O) groups excluding carboxylic acids is 2. The lowest BCUT2D eigenvalue weighted by atomic mass is 9.81. The van der Waals surface area contributed by atoms with Crippen LogP contribution in [0.2, 0.25) is 0 Å². The third kappa shape index (κ3) is 3.27. The molecular weight excluding hydrogens is 312 g/mol. The van der Waals surface area contributed by atoms with Crippen LogP contribution in [0.3, 0.4) is 0 Å².